The molecule has 0 fully saturated rings. The summed E-state index contributed by atoms with van der Waals surface area (Å²) in [6, 6.07) is 5.42. The number of aliphatic hydroxyl groups excluding tert-OH is 1. The Morgan fingerprint density at radius 3 is 2.32 bits per heavy atom. The summed E-state index contributed by atoms with van der Waals surface area (Å²) in [5.74, 6) is -4.14. The first-order valence-electron chi connectivity index (χ1n) is 8.12. The lowest BCUT2D eigenvalue weighted by atomic mass is 10.2. The van der Waals surface area contributed by atoms with Crippen LogP contribution in [0.3, 0.4) is 0 Å². The van der Waals surface area contributed by atoms with Gasteiger partial charge in [0.15, 0.2) is 11.6 Å². The Kier molecular flexibility index (Phi) is 7.52. The molecule has 0 heterocycles. The van der Waals surface area contributed by atoms with Crippen LogP contribution in [-0.2, 0) is 10.0 Å². The van der Waals surface area contributed by atoms with E-state index in [1.165, 1.54) is 0 Å². The van der Waals surface area contributed by atoms with Gasteiger partial charge < -0.3 is 15.7 Å². The first-order chi connectivity index (χ1) is 13.2. The summed E-state index contributed by atoms with van der Waals surface area (Å²) >= 11 is 0. The van der Waals surface area contributed by atoms with Crippen molar-refractivity contribution in [1.82, 2.24) is 10.0 Å². The molecule has 4 N–H and O–H groups in total. The fourth-order valence-electron chi connectivity index (χ4n) is 2.18. The van der Waals surface area contributed by atoms with Crippen molar-refractivity contribution in [1.29, 1.82) is 0 Å². The van der Waals surface area contributed by atoms with Crippen molar-refractivity contribution >= 4 is 21.6 Å². The van der Waals surface area contributed by atoms with Crippen molar-refractivity contribution in [3.05, 3.63) is 59.4 Å². The maximum absolute atomic E-state index is 14.0. The third kappa shape index (κ3) is 5.76. The Bertz CT molecular complexity index is 955. The van der Waals surface area contributed by atoms with Gasteiger partial charge in [0.05, 0.1) is 6.61 Å². The van der Waals surface area contributed by atoms with Gasteiger partial charge in [-0.25, -0.2) is 26.3 Å². The number of benzene rings is 2. The van der Waals surface area contributed by atoms with Gasteiger partial charge in [-0.3, -0.25) is 4.79 Å². The quantitative estimate of drug-likeness (QED) is 0.459. The monoisotopic (exact) mass is 417 g/mol. The minimum Gasteiger partial charge on any atom is -0.395 e. The molecule has 0 bridgehead atoms. The van der Waals surface area contributed by atoms with E-state index in [4.69, 9.17) is 5.11 Å². The Morgan fingerprint density at radius 1 is 0.929 bits per heavy atom. The van der Waals surface area contributed by atoms with Crippen LogP contribution in [0.25, 0.3) is 0 Å². The molecule has 2 aromatic rings. The lowest BCUT2D eigenvalue weighted by Gasteiger charge is -2.10. The molecule has 152 valence electrons. The van der Waals surface area contributed by atoms with Crippen LogP contribution in [0, 0.1) is 17.5 Å². The van der Waals surface area contributed by atoms with Gasteiger partial charge in [0.1, 0.15) is 10.7 Å². The summed E-state index contributed by atoms with van der Waals surface area (Å²) in [5.41, 5.74) is -0.240. The highest BCUT2D eigenvalue weighted by Gasteiger charge is 2.21. The second-order valence-electron chi connectivity index (χ2n) is 5.60. The zero-order valence-corrected chi connectivity index (χ0v) is 15.3. The molecule has 0 aliphatic carbocycles. The zero-order valence-electron chi connectivity index (χ0n) is 14.5. The number of anilines is 1. The normalized spacial score (nSPS) is 11.4. The van der Waals surface area contributed by atoms with Crippen LogP contribution in [0.2, 0.25) is 0 Å². The van der Waals surface area contributed by atoms with Gasteiger partial charge in [0.25, 0.3) is 5.91 Å². The number of halogens is 3. The summed E-state index contributed by atoms with van der Waals surface area (Å²) < 4.78 is 66.8. The van der Waals surface area contributed by atoms with Crippen molar-refractivity contribution < 1.29 is 31.5 Å². The van der Waals surface area contributed by atoms with Crippen LogP contribution in [0.15, 0.2) is 41.3 Å². The van der Waals surface area contributed by atoms with Gasteiger partial charge in [0, 0.05) is 37.0 Å². The zero-order chi connectivity index (χ0) is 20.7. The SMILES string of the molecule is O=C(Nc1ccc(F)c(F)c1)c1ccc(F)c(S(=O)(=O)NCCNCCO)c1. The van der Waals surface area contributed by atoms with E-state index in [2.05, 4.69) is 15.4 Å². The number of hydrogen-bond acceptors (Lipinski definition) is 5. The number of sulfonamides is 1. The second-order valence-corrected chi connectivity index (χ2v) is 7.33. The fourth-order valence-corrected chi connectivity index (χ4v) is 3.32. The molecule has 0 atom stereocenters. The van der Waals surface area contributed by atoms with Crippen LogP contribution < -0.4 is 15.4 Å². The molecular weight excluding hydrogens is 399 g/mol. The van der Waals surface area contributed by atoms with E-state index in [0.717, 1.165) is 36.4 Å². The predicted octanol–water partition coefficient (Wildman–Crippen LogP) is 1.22. The molecule has 11 heteroatoms. The van der Waals surface area contributed by atoms with Gasteiger partial charge in [-0.2, -0.15) is 0 Å². The lowest BCUT2D eigenvalue weighted by molar-refractivity contribution is 0.102. The molecule has 0 aromatic heterocycles. The highest BCUT2D eigenvalue weighted by molar-refractivity contribution is 7.89. The van der Waals surface area contributed by atoms with Gasteiger partial charge in [-0.15, -0.1) is 0 Å². The predicted molar refractivity (Wildman–Crippen MR) is 95.9 cm³/mol. The van der Waals surface area contributed by atoms with Crippen molar-refractivity contribution in [3.8, 4) is 0 Å². The molecule has 0 spiro atoms. The molecule has 0 saturated heterocycles. The fraction of sp³-hybridized carbons (Fsp3) is 0.235. The minimum atomic E-state index is -4.24. The van der Waals surface area contributed by atoms with Gasteiger partial charge in [0.2, 0.25) is 10.0 Å². The summed E-state index contributed by atoms with van der Waals surface area (Å²) in [6.45, 7) is 0.303. The number of hydrogen-bond donors (Lipinski definition) is 4. The average molecular weight is 417 g/mol. The molecule has 2 aromatic carbocycles. The molecule has 0 unspecified atom stereocenters. The van der Waals surface area contributed by atoms with E-state index < -0.39 is 38.3 Å². The third-order valence-corrected chi connectivity index (χ3v) is 5.02. The van der Waals surface area contributed by atoms with Gasteiger partial charge >= 0.3 is 0 Å². The van der Waals surface area contributed by atoms with E-state index in [0.29, 0.717) is 0 Å². The van der Waals surface area contributed by atoms with Crippen LogP contribution >= 0.6 is 0 Å². The first-order valence-corrected chi connectivity index (χ1v) is 9.60. The van der Waals surface area contributed by atoms with Crippen molar-refractivity contribution in [2.75, 3.05) is 31.6 Å². The highest BCUT2D eigenvalue weighted by atomic mass is 32.2. The van der Waals surface area contributed by atoms with Crippen LogP contribution in [0.4, 0.5) is 18.9 Å². The lowest BCUT2D eigenvalue weighted by Crippen LogP contribution is -2.33. The Morgan fingerprint density at radius 2 is 1.64 bits per heavy atom. The van der Waals surface area contributed by atoms with E-state index in [9.17, 15) is 26.4 Å². The van der Waals surface area contributed by atoms with Crippen molar-refractivity contribution in [2.24, 2.45) is 0 Å². The third-order valence-electron chi connectivity index (χ3n) is 3.54. The first kappa shape index (κ1) is 21.8. The van der Waals surface area contributed by atoms with E-state index in [-0.39, 0.29) is 37.5 Å². The molecular formula is C17H18F3N3O4S. The summed E-state index contributed by atoms with van der Waals surface area (Å²) in [7, 11) is -4.24. The van der Waals surface area contributed by atoms with Crippen molar-refractivity contribution in [3.63, 3.8) is 0 Å². The number of aliphatic hydroxyl groups is 1. The van der Waals surface area contributed by atoms with Crippen LogP contribution in [-0.4, -0.2) is 45.7 Å². The summed E-state index contributed by atoms with van der Waals surface area (Å²) in [5, 5.41) is 13.6. The van der Waals surface area contributed by atoms with Gasteiger partial charge in [-0.05, 0) is 30.3 Å². The summed E-state index contributed by atoms with van der Waals surface area (Å²) in [6.07, 6.45) is 0. The largest absolute Gasteiger partial charge is 0.395 e. The van der Waals surface area contributed by atoms with Crippen molar-refractivity contribution in [2.45, 2.75) is 4.90 Å². The second kappa shape index (κ2) is 9.64. The number of carbonyl (C=O) groups is 1. The number of carbonyl (C=O) groups excluding carboxylic acids is 1. The molecule has 1 amide bonds. The Hall–Kier alpha value is -2.47. The average Bonchev–Trinajstić information content (AvgIpc) is 2.64. The number of nitrogens with one attached hydrogen (secondary N) is 3. The standard InChI is InChI=1S/C17H18F3N3O4S/c18-13-4-2-12(10-15(13)20)23-17(25)11-1-3-14(19)16(9-11)28(26,27)22-6-5-21-7-8-24/h1-4,9-10,21-22,24H,5-8H2,(H,23,25). The molecule has 28 heavy (non-hydrogen) atoms. The molecule has 0 saturated carbocycles. The highest BCUT2D eigenvalue weighted by Crippen LogP contribution is 2.18. The van der Waals surface area contributed by atoms with Crippen LogP contribution in [0.5, 0.6) is 0 Å². The van der Waals surface area contributed by atoms with E-state index in [1.54, 1.807) is 0 Å². The molecule has 0 aliphatic heterocycles. The molecule has 2 rings (SSSR count). The van der Waals surface area contributed by atoms with E-state index in [1.807, 2.05) is 0 Å². The molecule has 7 nitrogen and oxygen atoms in total. The number of amides is 1. The summed E-state index contributed by atoms with van der Waals surface area (Å²) in [4.78, 5) is 11.5. The van der Waals surface area contributed by atoms with Gasteiger partial charge in [-0.1, -0.05) is 0 Å². The smallest absolute Gasteiger partial charge is 0.255 e. The maximum atomic E-state index is 14.0. The van der Waals surface area contributed by atoms with Crippen LogP contribution in [0.1, 0.15) is 10.4 Å². The number of rotatable bonds is 9. The molecule has 0 radical (unpaired) electrons. The van der Waals surface area contributed by atoms with E-state index >= 15 is 0 Å². The Labute approximate surface area is 159 Å². The molecule has 0 aliphatic rings. The topological polar surface area (TPSA) is 108 Å². The maximum Gasteiger partial charge on any atom is 0.255 e. The Balaban J connectivity index is 2.14. The minimum absolute atomic E-state index is 0.0503.